The molecule has 6 heteroatoms. The van der Waals surface area contributed by atoms with Gasteiger partial charge in [0.05, 0.1) is 12.5 Å². The van der Waals surface area contributed by atoms with Crippen molar-refractivity contribution >= 4 is 11.9 Å². The SMILES string of the molecule is CC(C)Oc1cccnc1C(=O)N1CCCC1CC(=O)O. The number of ether oxygens (including phenoxy) is 1. The molecule has 2 rings (SSSR count). The Morgan fingerprint density at radius 1 is 1.52 bits per heavy atom. The van der Waals surface area contributed by atoms with Crippen molar-refractivity contribution in [1.82, 2.24) is 9.88 Å². The van der Waals surface area contributed by atoms with Crippen LogP contribution in [0.5, 0.6) is 5.75 Å². The average Bonchev–Trinajstić information content (AvgIpc) is 2.85. The van der Waals surface area contributed by atoms with Crippen molar-refractivity contribution in [3.05, 3.63) is 24.0 Å². The highest BCUT2D eigenvalue weighted by molar-refractivity contribution is 5.95. The molecule has 1 unspecified atom stereocenters. The zero-order valence-corrected chi connectivity index (χ0v) is 12.3. The standard InChI is InChI=1S/C15H20N2O4/c1-10(2)21-12-6-3-7-16-14(12)15(20)17-8-4-5-11(17)9-13(18)19/h3,6-7,10-11H,4-5,8-9H2,1-2H3,(H,18,19). The summed E-state index contributed by atoms with van der Waals surface area (Å²) in [5.41, 5.74) is 0.253. The number of pyridine rings is 1. The molecular formula is C15H20N2O4. The summed E-state index contributed by atoms with van der Waals surface area (Å²) in [4.78, 5) is 29.3. The molecule has 21 heavy (non-hydrogen) atoms. The molecule has 1 N–H and O–H groups in total. The number of carboxylic acids is 1. The summed E-state index contributed by atoms with van der Waals surface area (Å²) in [7, 11) is 0. The second kappa shape index (κ2) is 6.56. The first-order valence-electron chi connectivity index (χ1n) is 7.13. The van der Waals surface area contributed by atoms with E-state index in [-0.39, 0.29) is 30.2 Å². The van der Waals surface area contributed by atoms with Crippen LogP contribution < -0.4 is 4.74 Å². The van der Waals surface area contributed by atoms with Crippen LogP contribution in [0.4, 0.5) is 0 Å². The van der Waals surface area contributed by atoms with Crippen LogP contribution in [0.2, 0.25) is 0 Å². The van der Waals surface area contributed by atoms with E-state index in [1.807, 2.05) is 13.8 Å². The number of carbonyl (C=O) groups is 2. The number of amides is 1. The fourth-order valence-corrected chi connectivity index (χ4v) is 2.55. The average molecular weight is 292 g/mol. The van der Waals surface area contributed by atoms with Crippen LogP contribution in [-0.2, 0) is 4.79 Å². The van der Waals surface area contributed by atoms with Crippen molar-refractivity contribution in [2.45, 2.75) is 45.3 Å². The Morgan fingerprint density at radius 2 is 2.29 bits per heavy atom. The highest BCUT2D eigenvalue weighted by Gasteiger charge is 2.32. The number of carbonyl (C=O) groups excluding carboxylic acids is 1. The van der Waals surface area contributed by atoms with Crippen LogP contribution in [0, 0.1) is 0 Å². The quantitative estimate of drug-likeness (QED) is 0.897. The maximum Gasteiger partial charge on any atom is 0.305 e. The van der Waals surface area contributed by atoms with Gasteiger partial charge >= 0.3 is 5.97 Å². The summed E-state index contributed by atoms with van der Waals surface area (Å²) < 4.78 is 5.62. The van der Waals surface area contributed by atoms with Gasteiger partial charge in [-0.1, -0.05) is 0 Å². The van der Waals surface area contributed by atoms with Crippen molar-refractivity contribution in [3.63, 3.8) is 0 Å². The van der Waals surface area contributed by atoms with Gasteiger partial charge < -0.3 is 14.7 Å². The van der Waals surface area contributed by atoms with E-state index in [0.717, 1.165) is 6.42 Å². The molecule has 1 fully saturated rings. The van der Waals surface area contributed by atoms with E-state index in [1.54, 1.807) is 23.2 Å². The highest BCUT2D eigenvalue weighted by atomic mass is 16.5. The zero-order valence-electron chi connectivity index (χ0n) is 12.3. The number of aliphatic carboxylic acids is 1. The lowest BCUT2D eigenvalue weighted by Gasteiger charge is -2.24. The van der Waals surface area contributed by atoms with Gasteiger partial charge in [0.15, 0.2) is 11.4 Å². The Morgan fingerprint density at radius 3 is 2.95 bits per heavy atom. The molecule has 0 aromatic carbocycles. The van der Waals surface area contributed by atoms with E-state index in [4.69, 9.17) is 9.84 Å². The number of hydrogen-bond acceptors (Lipinski definition) is 4. The van der Waals surface area contributed by atoms with E-state index in [2.05, 4.69) is 4.98 Å². The summed E-state index contributed by atoms with van der Waals surface area (Å²) in [6.45, 7) is 4.32. The molecule has 1 aromatic rings. The van der Waals surface area contributed by atoms with E-state index >= 15 is 0 Å². The first-order valence-corrected chi connectivity index (χ1v) is 7.13. The molecule has 1 atom stereocenters. The molecule has 0 saturated carbocycles. The summed E-state index contributed by atoms with van der Waals surface area (Å²) in [5, 5.41) is 8.94. The monoisotopic (exact) mass is 292 g/mol. The molecule has 0 spiro atoms. The van der Waals surface area contributed by atoms with Crippen LogP contribution in [0.15, 0.2) is 18.3 Å². The summed E-state index contributed by atoms with van der Waals surface area (Å²) in [6, 6.07) is 3.17. The van der Waals surface area contributed by atoms with Crippen molar-refractivity contribution in [2.24, 2.45) is 0 Å². The van der Waals surface area contributed by atoms with E-state index < -0.39 is 5.97 Å². The van der Waals surface area contributed by atoms with E-state index in [9.17, 15) is 9.59 Å². The molecule has 6 nitrogen and oxygen atoms in total. The number of aromatic nitrogens is 1. The second-order valence-corrected chi connectivity index (χ2v) is 5.41. The van der Waals surface area contributed by atoms with Gasteiger partial charge in [-0.2, -0.15) is 0 Å². The van der Waals surface area contributed by atoms with Crippen LogP contribution in [-0.4, -0.2) is 45.6 Å². The number of likely N-dealkylation sites (tertiary alicyclic amines) is 1. The minimum atomic E-state index is -0.889. The third-order valence-electron chi connectivity index (χ3n) is 3.38. The predicted molar refractivity (Wildman–Crippen MR) is 76.3 cm³/mol. The molecule has 0 bridgehead atoms. The predicted octanol–water partition coefficient (Wildman–Crippen LogP) is 1.95. The molecule has 0 radical (unpaired) electrons. The molecule has 1 aliphatic heterocycles. The maximum atomic E-state index is 12.6. The van der Waals surface area contributed by atoms with E-state index in [1.165, 1.54) is 0 Å². The molecular weight excluding hydrogens is 272 g/mol. The van der Waals surface area contributed by atoms with Crippen molar-refractivity contribution in [1.29, 1.82) is 0 Å². The Kier molecular flexibility index (Phi) is 4.77. The molecule has 1 aromatic heterocycles. The van der Waals surface area contributed by atoms with Crippen LogP contribution >= 0.6 is 0 Å². The third kappa shape index (κ3) is 3.71. The van der Waals surface area contributed by atoms with Gasteiger partial charge in [-0.05, 0) is 38.8 Å². The normalized spacial score (nSPS) is 18.0. The lowest BCUT2D eigenvalue weighted by molar-refractivity contribution is -0.137. The highest BCUT2D eigenvalue weighted by Crippen LogP contribution is 2.25. The Bertz CT molecular complexity index is 530. The van der Waals surface area contributed by atoms with E-state index in [0.29, 0.717) is 18.7 Å². The van der Waals surface area contributed by atoms with Gasteiger partial charge in [-0.25, -0.2) is 4.98 Å². The van der Waals surface area contributed by atoms with Gasteiger partial charge in [0.25, 0.3) is 5.91 Å². The Labute approximate surface area is 123 Å². The minimum Gasteiger partial charge on any atom is -0.489 e. The maximum absolute atomic E-state index is 12.6. The first-order chi connectivity index (χ1) is 9.99. The molecule has 0 aliphatic carbocycles. The minimum absolute atomic E-state index is 0.0288. The Balaban J connectivity index is 2.21. The lowest BCUT2D eigenvalue weighted by Crippen LogP contribution is -2.37. The van der Waals surface area contributed by atoms with Crippen LogP contribution in [0.3, 0.4) is 0 Å². The fraction of sp³-hybridized carbons (Fsp3) is 0.533. The first kappa shape index (κ1) is 15.3. The third-order valence-corrected chi connectivity index (χ3v) is 3.38. The number of nitrogens with zero attached hydrogens (tertiary/aromatic N) is 2. The number of rotatable bonds is 5. The largest absolute Gasteiger partial charge is 0.489 e. The van der Waals surface area contributed by atoms with Crippen molar-refractivity contribution in [2.75, 3.05) is 6.54 Å². The van der Waals surface area contributed by atoms with Crippen molar-refractivity contribution in [3.8, 4) is 5.75 Å². The fourth-order valence-electron chi connectivity index (χ4n) is 2.55. The molecule has 1 amide bonds. The summed E-state index contributed by atoms with van der Waals surface area (Å²) >= 11 is 0. The molecule has 1 saturated heterocycles. The smallest absolute Gasteiger partial charge is 0.305 e. The zero-order chi connectivity index (χ0) is 15.4. The van der Waals surface area contributed by atoms with Crippen LogP contribution in [0.25, 0.3) is 0 Å². The number of carboxylic acid groups (broad SMARTS) is 1. The molecule has 114 valence electrons. The number of hydrogen-bond donors (Lipinski definition) is 1. The molecule has 1 aliphatic rings. The summed E-state index contributed by atoms with van der Waals surface area (Å²) in [6.07, 6.45) is 2.98. The van der Waals surface area contributed by atoms with Crippen LogP contribution in [0.1, 0.15) is 43.6 Å². The van der Waals surface area contributed by atoms with Crippen molar-refractivity contribution < 1.29 is 19.4 Å². The van der Waals surface area contributed by atoms with Gasteiger partial charge in [0.2, 0.25) is 0 Å². The van der Waals surface area contributed by atoms with Gasteiger partial charge in [-0.15, -0.1) is 0 Å². The lowest BCUT2D eigenvalue weighted by atomic mass is 10.1. The van der Waals surface area contributed by atoms with Gasteiger partial charge in [-0.3, -0.25) is 9.59 Å². The summed E-state index contributed by atoms with van der Waals surface area (Å²) in [5.74, 6) is -0.701. The molecule has 2 heterocycles. The Hall–Kier alpha value is -2.11. The second-order valence-electron chi connectivity index (χ2n) is 5.41. The van der Waals surface area contributed by atoms with Gasteiger partial charge in [0, 0.05) is 18.8 Å². The topological polar surface area (TPSA) is 79.7 Å². The van der Waals surface area contributed by atoms with Gasteiger partial charge in [0.1, 0.15) is 0 Å².